The second kappa shape index (κ2) is 6.49. The van der Waals surface area contributed by atoms with Gasteiger partial charge in [-0.2, -0.15) is 5.10 Å². The first-order valence-corrected chi connectivity index (χ1v) is 9.54. The van der Waals surface area contributed by atoms with Crippen LogP contribution in [0.2, 0.25) is 0 Å². The summed E-state index contributed by atoms with van der Waals surface area (Å²) in [5.41, 5.74) is 4.40. The van der Waals surface area contributed by atoms with Gasteiger partial charge >= 0.3 is 0 Å². The highest BCUT2D eigenvalue weighted by Crippen LogP contribution is 2.43. The van der Waals surface area contributed by atoms with Gasteiger partial charge in [-0.3, -0.25) is 5.10 Å². The van der Waals surface area contributed by atoms with Crippen molar-refractivity contribution in [1.29, 1.82) is 0 Å². The number of aromatic amines is 1. The van der Waals surface area contributed by atoms with Gasteiger partial charge in [-0.25, -0.2) is 0 Å². The van der Waals surface area contributed by atoms with Gasteiger partial charge in [-0.1, -0.05) is 31.5 Å². The zero-order valence-corrected chi connectivity index (χ0v) is 15.7. The Morgan fingerprint density at radius 3 is 2.68 bits per heavy atom. The van der Waals surface area contributed by atoms with Crippen molar-refractivity contribution in [3.63, 3.8) is 0 Å². The highest BCUT2D eigenvalue weighted by Gasteiger charge is 2.45. The van der Waals surface area contributed by atoms with Crippen LogP contribution in [0.4, 0.5) is 5.69 Å². The zero-order valence-electron chi connectivity index (χ0n) is 15.7. The normalized spacial score (nSPS) is 26.0. The first-order chi connectivity index (χ1) is 12.0. The number of benzene rings is 1. The van der Waals surface area contributed by atoms with E-state index in [4.69, 9.17) is 0 Å². The van der Waals surface area contributed by atoms with E-state index in [1.165, 1.54) is 36.3 Å². The quantitative estimate of drug-likeness (QED) is 0.927. The van der Waals surface area contributed by atoms with Crippen LogP contribution in [0.5, 0.6) is 0 Å². The fraction of sp³-hybridized carbons (Fsp3) is 0.571. The van der Waals surface area contributed by atoms with Gasteiger partial charge in [0.25, 0.3) is 0 Å². The van der Waals surface area contributed by atoms with Crippen LogP contribution >= 0.6 is 0 Å². The third-order valence-corrected chi connectivity index (χ3v) is 6.13. The van der Waals surface area contributed by atoms with Crippen LogP contribution in [0.1, 0.15) is 31.4 Å². The number of nitrogens with zero attached hydrogens (tertiary/aromatic N) is 3. The lowest BCUT2D eigenvalue weighted by atomic mass is 9.73. The Morgan fingerprint density at radius 2 is 1.96 bits per heavy atom. The predicted octanol–water partition coefficient (Wildman–Crippen LogP) is 3.50. The van der Waals surface area contributed by atoms with Crippen molar-refractivity contribution >= 4 is 5.69 Å². The number of hydrogen-bond acceptors (Lipinski definition) is 3. The van der Waals surface area contributed by atoms with Crippen molar-refractivity contribution in [3.8, 4) is 0 Å². The van der Waals surface area contributed by atoms with Gasteiger partial charge < -0.3 is 9.80 Å². The molecule has 5 rings (SSSR count). The molecule has 1 unspecified atom stereocenters. The van der Waals surface area contributed by atoms with Gasteiger partial charge in [0, 0.05) is 44.1 Å². The van der Waals surface area contributed by atoms with E-state index in [9.17, 15) is 0 Å². The highest BCUT2D eigenvalue weighted by atomic mass is 15.3. The summed E-state index contributed by atoms with van der Waals surface area (Å²) in [6, 6.07) is 9.69. The number of hydrogen-bond donors (Lipinski definition) is 1. The topological polar surface area (TPSA) is 35.2 Å². The molecule has 0 radical (unpaired) electrons. The second-order valence-corrected chi connectivity index (χ2v) is 8.68. The lowest BCUT2D eigenvalue weighted by Gasteiger charge is -2.48. The molecule has 3 fully saturated rings. The minimum atomic E-state index is 0.359. The summed E-state index contributed by atoms with van der Waals surface area (Å²) in [7, 11) is 0. The van der Waals surface area contributed by atoms with Crippen LogP contribution in [0.15, 0.2) is 36.7 Å². The summed E-state index contributed by atoms with van der Waals surface area (Å²) in [6.07, 6.45) is 6.40. The van der Waals surface area contributed by atoms with Gasteiger partial charge in [0.15, 0.2) is 0 Å². The van der Waals surface area contributed by atoms with Gasteiger partial charge in [0.05, 0.1) is 6.20 Å². The molecular formula is C21H30N4. The molecule has 1 N–H and O–H groups in total. The van der Waals surface area contributed by atoms with E-state index in [0.717, 1.165) is 25.4 Å². The molecule has 0 amide bonds. The molecule has 4 nitrogen and oxygen atoms in total. The minimum Gasteiger partial charge on any atom is -0.366 e. The summed E-state index contributed by atoms with van der Waals surface area (Å²) in [5, 5.41) is 7.01. The lowest BCUT2D eigenvalue weighted by molar-refractivity contribution is 0.190. The lowest BCUT2D eigenvalue weighted by Crippen LogP contribution is -2.54. The molecule has 3 aliphatic rings. The average Bonchev–Trinajstić information content (AvgIpc) is 2.97. The number of piperidine rings is 1. The van der Waals surface area contributed by atoms with Crippen molar-refractivity contribution in [3.05, 3.63) is 47.8 Å². The van der Waals surface area contributed by atoms with Crippen molar-refractivity contribution in [1.82, 2.24) is 15.1 Å². The van der Waals surface area contributed by atoms with E-state index in [-0.39, 0.29) is 0 Å². The number of rotatable bonds is 4. The van der Waals surface area contributed by atoms with Crippen molar-refractivity contribution in [2.75, 3.05) is 31.1 Å². The molecule has 3 saturated heterocycles. The zero-order chi connectivity index (χ0) is 17.4. The number of aryl methyl sites for hydroxylation is 1. The molecule has 1 aromatic carbocycles. The average molecular weight is 338 g/mol. The SMILES string of the molecule is Cc1ccc(N2C[C@H]3CN(CCc4cn[nH]c4)CC2C(C)(C)C3)cc1. The molecule has 0 aliphatic carbocycles. The number of anilines is 1. The van der Waals surface area contributed by atoms with E-state index in [1.54, 1.807) is 0 Å². The molecule has 2 bridgehead atoms. The molecule has 2 atom stereocenters. The van der Waals surface area contributed by atoms with Crippen molar-refractivity contribution in [2.24, 2.45) is 11.3 Å². The maximum absolute atomic E-state index is 4.08. The molecule has 0 saturated carbocycles. The molecular weight excluding hydrogens is 308 g/mol. The first-order valence-electron chi connectivity index (χ1n) is 9.54. The number of H-pyrrole nitrogens is 1. The molecule has 2 aromatic rings. The minimum absolute atomic E-state index is 0.359. The Balaban J connectivity index is 1.53. The summed E-state index contributed by atoms with van der Waals surface area (Å²) < 4.78 is 0. The van der Waals surface area contributed by atoms with Crippen LogP contribution in [-0.4, -0.2) is 47.3 Å². The Kier molecular flexibility index (Phi) is 4.32. The standard InChI is InChI=1S/C21H30N4/c1-16-4-6-19(7-5-16)25-14-18-10-21(2,3)20(25)15-24(13-18)9-8-17-11-22-23-12-17/h4-7,11-12,18,20H,8-10,13-15H2,1-3H3,(H,22,23)/t18-,20?/m1/s1. The van der Waals surface area contributed by atoms with Gasteiger partial charge in [-0.15, -0.1) is 0 Å². The van der Waals surface area contributed by atoms with E-state index in [0.29, 0.717) is 11.5 Å². The van der Waals surface area contributed by atoms with E-state index >= 15 is 0 Å². The molecule has 4 heteroatoms. The second-order valence-electron chi connectivity index (χ2n) is 8.68. The van der Waals surface area contributed by atoms with Crippen molar-refractivity contribution in [2.45, 2.75) is 39.7 Å². The third-order valence-electron chi connectivity index (χ3n) is 6.13. The largest absolute Gasteiger partial charge is 0.366 e. The van der Waals surface area contributed by atoms with Crippen LogP contribution in [0.3, 0.4) is 0 Å². The van der Waals surface area contributed by atoms with Crippen LogP contribution in [-0.2, 0) is 6.42 Å². The highest BCUT2D eigenvalue weighted by molar-refractivity contribution is 5.50. The molecule has 25 heavy (non-hydrogen) atoms. The number of nitrogens with one attached hydrogen (secondary N) is 1. The fourth-order valence-electron chi connectivity index (χ4n) is 4.83. The number of fused-ring (bicyclic) bond motifs is 4. The van der Waals surface area contributed by atoms with Gasteiger partial charge in [0.1, 0.15) is 0 Å². The Bertz CT molecular complexity index is 689. The molecule has 0 spiro atoms. The van der Waals surface area contributed by atoms with Crippen LogP contribution in [0.25, 0.3) is 0 Å². The van der Waals surface area contributed by atoms with Crippen molar-refractivity contribution < 1.29 is 0 Å². The fourth-order valence-corrected chi connectivity index (χ4v) is 4.83. The summed E-state index contributed by atoms with van der Waals surface area (Å²) in [4.78, 5) is 5.37. The summed E-state index contributed by atoms with van der Waals surface area (Å²) >= 11 is 0. The molecule has 4 heterocycles. The molecule has 134 valence electrons. The first kappa shape index (κ1) is 16.6. The Hall–Kier alpha value is -1.81. The maximum atomic E-state index is 4.08. The van der Waals surface area contributed by atoms with Gasteiger partial charge in [0.2, 0.25) is 0 Å². The Morgan fingerprint density at radius 1 is 1.16 bits per heavy atom. The smallest absolute Gasteiger partial charge is 0.0519 e. The summed E-state index contributed by atoms with van der Waals surface area (Å²) in [5.74, 6) is 0.749. The number of aromatic nitrogens is 2. The third kappa shape index (κ3) is 3.45. The van der Waals surface area contributed by atoms with E-state index < -0.39 is 0 Å². The maximum Gasteiger partial charge on any atom is 0.0519 e. The monoisotopic (exact) mass is 338 g/mol. The van der Waals surface area contributed by atoms with Crippen LogP contribution in [0, 0.1) is 18.3 Å². The molecule has 1 aromatic heterocycles. The van der Waals surface area contributed by atoms with Crippen LogP contribution < -0.4 is 4.90 Å². The van der Waals surface area contributed by atoms with E-state index in [2.05, 4.69) is 65.0 Å². The van der Waals surface area contributed by atoms with Gasteiger partial charge in [-0.05, 0) is 48.8 Å². The predicted molar refractivity (Wildman–Crippen MR) is 103 cm³/mol. The molecule has 3 aliphatic heterocycles. The van der Waals surface area contributed by atoms with E-state index in [1.807, 2.05) is 12.4 Å². The Labute approximate surface area is 151 Å². The summed E-state index contributed by atoms with van der Waals surface area (Å²) in [6.45, 7) is 11.8.